The van der Waals surface area contributed by atoms with Crippen molar-refractivity contribution in [1.29, 1.82) is 0 Å². The van der Waals surface area contributed by atoms with E-state index in [1.165, 1.54) is 12.1 Å². The number of benzene rings is 2. The Bertz CT molecular complexity index is 965. The second-order valence-electron chi connectivity index (χ2n) is 9.01. The van der Waals surface area contributed by atoms with Crippen LogP contribution < -0.4 is 14.2 Å². The highest BCUT2D eigenvalue weighted by Crippen LogP contribution is 2.40. The highest BCUT2D eigenvalue weighted by molar-refractivity contribution is 5.76. The maximum Gasteiger partial charge on any atom is 0.231 e. The van der Waals surface area contributed by atoms with Crippen LogP contribution in [0.25, 0.3) is 0 Å². The van der Waals surface area contributed by atoms with Crippen LogP contribution in [0.5, 0.6) is 17.2 Å². The minimum Gasteiger partial charge on any atom is -0.488 e. The van der Waals surface area contributed by atoms with Crippen LogP contribution in [0.2, 0.25) is 0 Å². The predicted octanol–water partition coefficient (Wildman–Crippen LogP) is 3.55. The summed E-state index contributed by atoms with van der Waals surface area (Å²) in [5, 5.41) is 10.7. The number of hydrogen-bond acceptors (Lipinski definition) is 5. The first-order chi connectivity index (χ1) is 15.5. The summed E-state index contributed by atoms with van der Waals surface area (Å²) < 4.78 is 29.9. The molecule has 3 aliphatic rings. The molecule has 5 rings (SSSR count). The van der Waals surface area contributed by atoms with E-state index in [1.54, 1.807) is 18.2 Å². The first-order valence-electron chi connectivity index (χ1n) is 11.3. The molecular formula is C25H28FNO5. The molecule has 0 unspecified atom stereocenters. The molecule has 1 saturated heterocycles. The van der Waals surface area contributed by atoms with Crippen LogP contribution in [0, 0.1) is 17.7 Å². The Morgan fingerprint density at radius 3 is 2.62 bits per heavy atom. The van der Waals surface area contributed by atoms with Gasteiger partial charge < -0.3 is 24.2 Å². The Labute approximate surface area is 186 Å². The molecule has 1 aliphatic carbocycles. The molecule has 1 saturated carbocycles. The Balaban J connectivity index is 1.12. The fraction of sp³-hybridized carbons (Fsp3) is 0.480. The first kappa shape index (κ1) is 21.1. The third-order valence-corrected chi connectivity index (χ3v) is 6.84. The summed E-state index contributed by atoms with van der Waals surface area (Å²) in [6.07, 6.45) is 2.49. The number of aliphatic hydroxyl groups excluding tert-OH is 1. The molecule has 32 heavy (non-hydrogen) atoms. The van der Waals surface area contributed by atoms with Gasteiger partial charge in [-0.15, -0.1) is 0 Å². The zero-order valence-corrected chi connectivity index (χ0v) is 17.9. The summed E-state index contributed by atoms with van der Waals surface area (Å²) in [6.45, 7) is 1.63. The maximum absolute atomic E-state index is 13.0. The van der Waals surface area contributed by atoms with Crippen molar-refractivity contribution in [2.24, 2.45) is 11.8 Å². The van der Waals surface area contributed by atoms with E-state index in [0.29, 0.717) is 55.0 Å². The zero-order valence-electron chi connectivity index (χ0n) is 17.9. The quantitative estimate of drug-likeness (QED) is 0.743. The van der Waals surface area contributed by atoms with Gasteiger partial charge in [-0.25, -0.2) is 4.39 Å². The van der Waals surface area contributed by atoms with Crippen molar-refractivity contribution in [2.75, 3.05) is 19.9 Å². The van der Waals surface area contributed by atoms with Crippen molar-refractivity contribution in [3.05, 3.63) is 53.8 Å². The summed E-state index contributed by atoms with van der Waals surface area (Å²) in [5.41, 5.74) is 1.04. The molecule has 2 aromatic carbocycles. The van der Waals surface area contributed by atoms with Gasteiger partial charge in [-0.3, -0.25) is 4.79 Å². The summed E-state index contributed by atoms with van der Waals surface area (Å²) in [4.78, 5) is 14.7. The molecule has 2 heterocycles. The van der Waals surface area contributed by atoms with Crippen LogP contribution in [0.1, 0.15) is 31.2 Å². The Morgan fingerprint density at radius 1 is 1.06 bits per heavy atom. The van der Waals surface area contributed by atoms with Gasteiger partial charge in [0, 0.05) is 25.6 Å². The number of nitrogens with zero attached hydrogens (tertiary/aromatic N) is 1. The minimum atomic E-state index is -0.560. The van der Waals surface area contributed by atoms with E-state index in [1.807, 2.05) is 17.0 Å². The largest absolute Gasteiger partial charge is 0.488 e. The summed E-state index contributed by atoms with van der Waals surface area (Å²) in [7, 11) is 0. The maximum atomic E-state index is 13.0. The number of ether oxygens (including phenoxy) is 3. The number of likely N-dealkylation sites (tertiary alicyclic amines) is 1. The van der Waals surface area contributed by atoms with Crippen molar-refractivity contribution >= 4 is 5.91 Å². The Morgan fingerprint density at radius 2 is 1.81 bits per heavy atom. The van der Waals surface area contributed by atoms with Gasteiger partial charge >= 0.3 is 0 Å². The van der Waals surface area contributed by atoms with Gasteiger partial charge in [0.15, 0.2) is 11.5 Å². The minimum absolute atomic E-state index is 0.157. The van der Waals surface area contributed by atoms with Crippen LogP contribution in [-0.2, 0) is 11.2 Å². The lowest BCUT2D eigenvalue weighted by Crippen LogP contribution is -2.42. The lowest BCUT2D eigenvalue weighted by molar-refractivity contribution is -0.130. The molecule has 4 atom stereocenters. The number of halogens is 1. The normalized spacial score (nSPS) is 26.1. The molecule has 7 heteroatoms. The molecule has 2 fully saturated rings. The second-order valence-corrected chi connectivity index (χ2v) is 9.01. The van der Waals surface area contributed by atoms with Crippen molar-refractivity contribution in [3.63, 3.8) is 0 Å². The SMILES string of the molecule is O=C(CCCc1ccc(F)cc1)N1C[C@H]2C[C@@H](Oc3ccc4c(c3)OCO4)[C@H](O)C[C@H]2C1. The number of hydrogen-bond donors (Lipinski definition) is 1. The number of aliphatic hydroxyl groups is 1. The van der Waals surface area contributed by atoms with E-state index in [2.05, 4.69) is 0 Å². The van der Waals surface area contributed by atoms with E-state index >= 15 is 0 Å². The van der Waals surface area contributed by atoms with Gasteiger partial charge in [-0.1, -0.05) is 12.1 Å². The molecule has 170 valence electrons. The van der Waals surface area contributed by atoms with Crippen LogP contribution in [-0.4, -0.2) is 48.0 Å². The monoisotopic (exact) mass is 441 g/mol. The Hall–Kier alpha value is -2.80. The molecule has 0 bridgehead atoms. The van der Waals surface area contributed by atoms with Crippen molar-refractivity contribution in [2.45, 2.75) is 44.3 Å². The molecule has 2 aromatic rings. The first-order valence-corrected chi connectivity index (χ1v) is 11.3. The van der Waals surface area contributed by atoms with Gasteiger partial charge in [0.05, 0.1) is 6.10 Å². The van der Waals surface area contributed by atoms with Crippen LogP contribution in [0.3, 0.4) is 0 Å². The number of rotatable bonds is 6. The Kier molecular flexibility index (Phi) is 5.91. The molecule has 2 aliphatic heterocycles. The average Bonchev–Trinajstić information content (AvgIpc) is 3.41. The molecule has 6 nitrogen and oxygen atoms in total. The molecule has 0 aromatic heterocycles. The average molecular weight is 441 g/mol. The van der Waals surface area contributed by atoms with E-state index in [9.17, 15) is 14.3 Å². The highest BCUT2D eigenvalue weighted by Gasteiger charge is 2.43. The molecule has 0 spiro atoms. The van der Waals surface area contributed by atoms with Crippen LogP contribution in [0.15, 0.2) is 42.5 Å². The second kappa shape index (κ2) is 8.98. The van der Waals surface area contributed by atoms with Crippen LogP contribution >= 0.6 is 0 Å². The summed E-state index contributed by atoms with van der Waals surface area (Å²) >= 11 is 0. The van der Waals surface area contributed by atoms with Crippen molar-refractivity contribution < 1.29 is 28.5 Å². The van der Waals surface area contributed by atoms with Gasteiger partial charge in [-0.05, 0) is 67.3 Å². The smallest absolute Gasteiger partial charge is 0.231 e. The third-order valence-electron chi connectivity index (χ3n) is 6.84. The van der Waals surface area contributed by atoms with E-state index in [-0.39, 0.29) is 24.6 Å². The zero-order chi connectivity index (χ0) is 22.1. The topological polar surface area (TPSA) is 68.2 Å². The van der Waals surface area contributed by atoms with Crippen LogP contribution in [0.4, 0.5) is 4.39 Å². The molecular weight excluding hydrogens is 413 g/mol. The third kappa shape index (κ3) is 4.53. The molecule has 1 amide bonds. The lowest BCUT2D eigenvalue weighted by Gasteiger charge is -2.35. The lowest BCUT2D eigenvalue weighted by atomic mass is 9.78. The van der Waals surface area contributed by atoms with Gasteiger partial charge in [-0.2, -0.15) is 0 Å². The van der Waals surface area contributed by atoms with E-state index < -0.39 is 6.10 Å². The summed E-state index contributed by atoms with van der Waals surface area (Å²) in [5.74, 6) is 2.57. The standard InChI is InChI=1S/C25H28FNO5/c26-19-6-4-16(5-7-19)2-1-3-25(29)27-13-17-10-21(28)23(11-18(17)14-27)32-20-8-9-22-24(12-20)31-15-30-22/h4-9,12,17-18,21,23,28H,1-3,10-11,13-15H2/t17-,18+,21+,23+/m0/s1. The van der Waals surface area contributed by atoms with E-state index in [4.69, 9.17) is 14.2 Å². The summed E-state index contributed by atoms with van der Waals surface area (Å²) in [6, 6.07) is 11.9. The fourth-order valence-corrected chi connectivity index (χ4v) is 5.10. The van der Waals surface area contributed by atoms with Gasteiger partial charge in [0.25, 0.3) is 0 Å². The van der Waals surface area contributed by atoms with E-state index in [0.717, 1.165) is 24.8 Å². The number of carbonyl (C=O) groups is 1. The fourth-order valence-electron chi connectivity index (χ4n) is 5.10. The van der Waals surface area contributed by atoms with Gasteiger partial charge in [0.2, 0.25) is 12.7 Å². The number of aryl methyl sites for hydroxylation is 1. The number of fused-ring (bicyclic) bond motifs is 2. The predicted molar refractivity (Wildman–Crippen MR) is 115 cm³/mol. The van der Waals surface area contributed by atoms with Crippen molar-refractivity contribution in [3.8, 4) is 17.2 Å². The number of carbonyl (C=O) groups excluding carboxylic acids is 1. The number of amides is 1. The molecule has 0 radical (unpaired) electrons. The highest BCUT2D eigenvalue weighted by atomic mass is 19.1. The van der Waals surface area contributed by atoms with Gasteiger partial charge in [0.1, 0.15) is 17.7 Å². The molecule has 1 N–H and O–H groups in total. The van der Waals surface area contributed by atoms with Crippen molar-refractivity contribution in [1.82, 2.24) is 4.90 Å².